The van der Waals surface area contributed by atoms with Crippen LogP contribution in [0.1, 0.15) is 159 Å². The normalized spacial score (nSPS) is 13.0. The van der Waals surface area contributed by atoms with Gasteiger partial charge in [-0.3, -0.25) is 15.0 Å². The largest absolute Gasteiger partial charge is 2.00 e. The summed E-state index contributed by atoms with van der Waals surface area (Å²) < 4.78 is 119. The minimum absolute atomic E-state index is 0. The van der Waals surface area contributed by atoms with Crippen LogP contribution in [-0.4, -0.2) is 42.5 Å². The van der Waals surface area contributed by atoms with Crippen LogP contribution < -0.4 is 5.10 Å². The number of thiophene rings is 1. The molecule has 0 fully saturated rings. The van der Waals surface area contributed by atoms with E-state index in [2.05, 4.69) is 90.2 Å². The Hall–Kier alpha value is -5.74. The maximum Gasteiger partial charge on any atom is 2.00 e. The van der Waals surface area contributed by atoms with Gasteiger partial charge in [-0.15, -0.1) is 11.3 Å². The average Bonchev–Trinajstić information content (AvgIpc) is 4.04. The summed E-state index contributed by atoms with van der Waals surface area (Å²) in [6, 6.07) is 19.2. The molecule has 0 amide bonds. The van der Waals surface area contributed by atoms with Crippen molar-refractivity contribution in [2.45, 2.75) is 146 Å². The molecule has 430 valence electrons. The van der Waals surface area contributed by atoms with Gasteiger partial charge >= 0.3 is 38.0 Å². The van der Waals surface area contributed by atoms with Gasteiger partial charge in [-0.2, -0.15) is 44.7 Å². The standard InChI is InChI=1S/C39H47F6N3.C21H21F3N3S.CNS.Ru/c1-11-28(35(2,3)4)18-27-21-33(31-19-25(12-14-46-31)16-29(36(5,6)7)23-38(40,41)42)48-34(22-27)32-20-26(13-15-47-32)17-30(37(8,9)10)24-39(43,44)45;1-2-3-4-5-6-16-9-10-17(28-16)8-7-15-11-12-25-18(13-15)19-14-20(27-26-19)21(22,23)24;2-1-3;/h12-22H,11,23-24H2,1-10H3;7-14H,2-6H2,1H3;;/q;2*-1;+2/b28-18+,29-16+,30-17+;8-7+;;. The van der Waals surface area contributed by atoms with Crippen molar-refractivity contribution in [1.82, 2.24) is 30.1 Å². The van der Waals surface area contributed by atoms with E-state index in [1.54, 1.807) is 120 Å². The molecule has 0 saturated carbocycles. The summed E-state index contributed by atoms with van der Waals surface area (Å²) in [4.78, 5) is 20.6. The molecule has 0 aliphatic heterocycles. The Morgan fingerprint density at radius 1 is 0.575 bits per heavy atom. The van der Waals surface area contributed by atoms with Gasteiger partial charge in [0.25, 0.3) is 0 Å². The Kier molecular flexibility index (Phi) is 25.5. The number of aromatic nitrogens is 6. The number of hydrogen-bond acceptors (Lipinski definition) is 7. The Morgan fingerprint density at radius 2 is 1.02 bits per heavy atom. The number of halogens is 9. The zero-order valence-corrected chi connectivity index (χ0v) is 50.2. The predicted molar refractivity (Wildman–Crippen MR) is 307 cm³/mol. The third kappa shape index (κ3) is 23.4. The Labute approximate surface area is 487 Å². The van der Waals surface area contributed by atoms with Crippen LogP contribution in [-0.2, 0) is 32.1 Å². The number of allylic oxidation sites excluding steroid dienone is 3. The number of thiocarbonyl (C=S) groups is 1. The van der Waals surface area contributed by atoms with Crippen molar-refractivity contribution in [3.8, 4) is 34.2 Å². The second-order valence-corrected chi connectivity index (χ2v) is 23.3. The molecule has 0 N–H and O–H groups in total. The second-order valence-electron chi connectivity index (χ2n) is 21.9. The number of rotatable bonds is 16. The van der Waals surface area contributed by atoms with Crippen molar-refractivity contribution < 1.29 is 59.0 Å². The van der Waals surface area contributed by atoms with E-state index in [0.717, 1.165) is 34.9 Å². The number of aryl methyl sites for hydroxylation is 1. The van der Waals surface area contributed by atoms with Crippen LogP contribution in [0.4, 0.5) is 39.5 Å². The van der Waals surface area contributed by atoms with E-state index < -0.39 is 47.9 Å². The van der Waals surface area contributed by atoms with E-state index in [4.69, 9.17) is 10.4 Å². The number of nitrogens with zero attached hydrogens (tertiary/aromatic N) is 7. The minimum atomic E-state index is -4.50. The molecular formula is C61H68F9N7RuS2. The SMILES string of the molecule is CC/C(=C\c1cc(-c2cc(/C=C(\CC(F)(F)F)C(C)(C)C)ccn2)nc(-c2cc(/C=C(\CC(F)(F)F)C(C)(C)C)ccn2)c1)C(C)(C)C.CCCCCCc1ccc(/C=C/c2ccnc(-c3cc(C(F)(F)F)n[n-]3)c2)s1.[N-]=C=S.[Ru+2]. The second kappa shape index (κ2) is 29.8. The summed E-state index contributed by atoms with van der Waals surface area (Å²) in [5, 5.41) is 15.3. The smallest absolute Gasteiger partial charge is 0.753 e. The van der Waals surface area contributed by atoms with Crippen LogP contribution in [0.3, 0.4) is 0 Å². The number of hydrogen-bond donors (Lipinski definition) is 0. The van der Waals surface area contributed by atoms with Crippen LogP contribution in [0.15, 0.2) is 102 Å². The molecule has 0 unspecified atom stereocenters. The molecule has 0 aliphatic rings. The monoisotopic (exact) mass is 1240 g/mol. The first-order chi connectivity index (χ1) is 36.7. The van der Waals surface area contributed by atoms with Crippen LogP contribution in [0.5, 0.6) is 0 Å². The van der Waals surface area contributed by atoms with Gasteiger partial charge in [0.1, 0.15) is 5.69 Å². The van der Waals surface area contributed by atoms with E-state index in [1.807, 2.05) is 24.3 Å². The molecule has 19 heteroatoms. The van der Waals surface area contributed by atoms with E-state index in [9.17, 15) is 39.5 Å². The maximum absolute atomic E-state index is 13.5. The molecule has 0 spiro atoms. The molecule has 6 rings (SSSR count). The fourth-order valence-electron chi connectivity index (χ4n) is 7.97. The van der Waals surface area contributed by atoms with Crippen molar-refractivity contribution in [2.75, 3.05) is 0 Å². The summed E-state index contributed by atoms with van der Waals surface area (Å²) in [6.45, 7) is 21.2. The van der Waals surface area contributed by atoms with Gasteiger partial charge in [0.05, 0.1) is 35.6 Å². The van der Waals surface area contributed by atoms with E-state index in [1.165, 1.54) is 41.3 Å². The fourth-order valence-corrected chi connectivity index (χ4v) is 8.93. The van der Waals surface area contributed by atoms with Gasteiger partial charge in [0, 0.05) is 34.0 Å². The van der Waals surface area contributed by atoms with Gasteiger partial charge in [-0.25, -0.2) is 4.98 Å². The van der Waals surface area contributed by atoms with E-state index in [-0.39, 0.29) is 41.7 Å². The minimum Gasteiger partial charge on any atom is -0.753 e. The molecule has 0 aliphatic carbocycles. The quantitative estimate of drug-likeness (QED) is 0.0313. The summed E-state index contributed by atoms with van der Waals surface area (Å²) in [7, 11) is 0. The zero-order valence-electron chi connectivity index (χ0n) is 46.8. The van der Waals surface area contributed by atoms with Gasteiger partial charge < -0.3 is 15.6 Å². The van der Waals surface area contributed by atoms with Crippen molar-refractivity contribution >= 4 is 59.1 Å². The number of unbranched alkanes of at least 4 members (excludes halogenated alkanes) is 3. The van der Waals surface area contributed by atoms with Crippen LogP contribution in [0.25, 0.3) is 70.0 Å². The molecule has 6 aromatic rings. The molecule has 0 radical (unpaired) electrons. The average molecular weight is 1240 g/mol. The van der Waals surface area contributed by atoms with Crippen LogP contribution in [0.2, 0.25) is 0 Å². The van der Waals surface area contributed by atoms with Gasteiger partial charge in [-0.05, 0) is 131 Å². The van der Waals surface area contributed by atoms with Crippen LogP contribution in [0, 0.1) is 16.2 Å². The summed E-state index contributed by atoms with van der Waals surface area (Å²) in [5.41, 5.74) is 4.31. The third-order valence-corrected chi connectivity index (χ3v) is 13.4. The molecule has 7 nitrogen and oxygen atoms in total. The first kappa shape index (κ1) is 68.5. The molecule has 0 aromatic carbocycles. The maximum atomic E-state index is 13.5. The summed E-state index contributed by atoms with van der Waals surface area (Å²) in [6.07, 6.45) is 5.43. The van der Waals surface area contributed by atoms with E-state index >= 15 is 0 Å². The Bertz CT molecular complexity index is 2990. The summed E-state index contributed by atoms with van der Waals surface area (Å²) in [5.74, 6) is 0. The van der Waals surface area contributed by atoms with Crippen LogP contribution >= 0.6 is 23.6 Å². The Balaban J connectivity index is 0.000000444. The molecule has 6 aromatic heterocycles. The summed E-state index contributed by atoms with van der Waals surface area (Å²) >= 11 is 5.47. The fraction of sp³-hybridized carbons (Fsp3) is 0.410. The number of isothiocyanates is 1. The predicted octanol–water partition coefficient (Wildman–Crippen LogP) is 19.9. The number of alkyl halides is 9. The van der Waals surface area contributed by atoms with Gasteiger partial charge in [0.15, 0.2) is 0 Å². The zero-order chi connectivity index (χ0) is 59.0. The first-order valence-corrected chi connectivity index (χ1v) is 27.0. The topological polar surface area (TPSA) is 101 Å². The van der Waals surface area contributed by atoms with Crippen molar-refractivity contribution in [3.63, 3.8) is 0 Å². The van der Waals surface area contributed by atoms with Crippen molar-refractivity contribution in [3.05, 3.63) is 145 Å². The molecule has 0 atom stereocenters. The number of pyridine rings is 4. The van der Waals surface area contributed by atoms with Gasteiger partial charge in [-0.1, -0.05) is 154 Å². The molecule has 0 bridgehead atoms. The molecule has 80 heavy (non-hydrogen) atoms. The molecule has 6 heterocycles. The third-order valence-electron chi connectivity index (χ3n) is 12.3. The van der Waals surface area contributed by atoms with Crippen molar-refractivity contribution in [2.24, 2.45) is 16.2 Å². The molecule has 0 saturated heterocycles. The van der Waals surface area contributed by atoms with Crippen molar-refractivity contribution in [1.29, 1.82) is 0 Å². The van der Waals surface area contributed by atoms with E-state index in [0.29, 0.717) is 39.6 Å². The first-order valence-electron chi connectivity index (χ1n) is 25.7. The Morgan fingerprint density at radius 3 is 1.46 bits per heavy atom. The molecular weight excluding hydrogens is 1170 g/mol. The van der Waals surface area contributed by atoms with Gasteiger partial charge in [0.2, 0.25) is 0 Å².